The number of nitrogens with one attached hydrogen (secondary N) is 2. The number of carbonyl (C=O) groups excluding carboxylic acids is 2. The van der Waals surface area contributed by atoms with Gasteiger partial charge in [-0.05, 0) is 48.2 Å². The van der Waals surface area contributed by atoms with Crippen LogP contribution in [0.5, 0.6) is 0 Å². The molecule has 1 aromatic heterocycles. The molecular weight excluding hydrogens is 368 g/mol. The highest BCUT2D eigenvalue weighted by Crippen LogP contribution is 2.15. The van der Waals surface area contributed by atoms with Gasteiger partial charge >= 0.3 is 0 Å². The molecule has 4 N–H and O–H groups in total. The fourth-order valence-corrected chi connectivity index (χ4v) is 2.77. The molecule has 3 aromatic rings. The van der Waals surface area contributed by atoms with Crippen LogP contribution in [0.2, 0.25) is 0 Å². The zero-order valence-electron chi connectivity index (χ0n) is 16.5. The van der Waals surface area contributed by atoms with Gasteiger partial charge in [0.2, 0.25) is 5.91 Å². The minimum absolute atomic E-state index is 0.0235. The van der Waals surface area contributed by atoms with E-state index in [9.17, 15) is 9.59 Å². The molecule has 0 aliphatic heterocycles. The first kappa shape index (κ1) is 20.1. The summed E-state index contributed by atoms with van der Waals surface area (Å²) in [5.74, 6) is -0.759. The van der Waals surface area contributed by atoms with Crippen molar-refractivity contribution in [3.63, 3.8) is 0 Å². The topological polar surface area (TPSA) is 115 Å². The Bertz CT molecular complexity index is 993. The number of aromatic nitrogens is 3. The van der Waals surface area contributed by atoms with Crippen LogP contribution in [-0.4, -0.2) is 26.8 Å². The molecule has 0 spiro atoms. The molecule has 8 heteroatoms. The minimum Gasteiger partial charge on any atom is -0.382 e. The van der Waals surface area contributed by atoms with Crippen molar-refractivity contribution >= 4 is 29.0 Å². The van der Waals surface area contributed by atoms with Crippen LogP contribution in [0.15, 0.2) is 48.5 Å². The quantitative estimate of drug-likeness (QED) is 0.572. The van der Waals surface area contributed by atoms with E-state index >= 15 is 0 Å². The maximum atomic E-state index is 12.4. The molecule has 150 valence electrons. The lowest BCUT2D eigenvalue weighted by atomic mass is 10.1. The number of anilines is 3. The Morgan fingerprint density at radius 3 is 1.93 bits per heavy atom. The Labute approximate surface area is 169 Å². The fraction of sp³-hybridized carbons (Fsp3) is 0.238. The molecular formula is C21H24N6O2. The molecule has 0 saturated carbocycles. The van der Waals surface area contributed by atoms with Crippen LogP contribution in [0.3, 0.4) is 0 Å². The number of carbonyl (C=O) groups is 2. The first-order chi connectivity index (χ1) is 14.0. The third-order valence-corrected chi connectivity index (χ3v) is 4.55. The van der Waals surface area contributed by atoms with Gasteiger partial charge in [-0.1, -0.05) is 43.3 Å². The number of nitrogens with two attached hydrogens (primary N) is 1. The SMILES string of the molecule is CCc1ccc(NC(=O)Cn2nnc(C(=O)Nc3ccc(CC)cc3)c2N)cc1. The number of amides is 2. The van der Waals surface area contributed by atoms with Gasteiger partial charge in [-0.25, -0.2) is 4.68 Å². The number of benzene rings is 2. The lowest BCUT2D eigenvalue weighted by Gasteiger charge is -2.07. The summed E-state index contributed by atoms with van der Waals surface area (Å²) in [6, 6.07) is 15.1. The number of nitrogens with zero attached hydrogens (tertiary/aromatic N) is 3. The van der Waals surface area contributed by atoms with Crippen molar-refractivity contribution in [2.24, 2.45) is 0 Å². The summed E-state index contributed by atoms with van der Waals surface area (Å²) >= 11 is 0. The highest BCUT2D eigenvalue weighted by molar-refractivity contribution is 6.05. The second-order valence-corrected chi connectivity index (χ2v) is 6.58. The van der Waals surface area contributed by atoms with E-state index in [1.165, 1.54) is 15.8 Å². The maximum absolute atomic E-state index is 12.4. The van der Waals surface area contributed by atoms with Gasteiger partial charge in [0.05, 0.1) is 0 Å². The molecule has 0 radical (unpaired) electrons. The van der Waals surface area contributed by atoms with Gasteiger partial charge in [0.1, 0.15) is 6.54 Å². The van der Waals surface area contributed by atoms with Crippen LogP contribution in [0.4, 0.5) is 17.2 Å². The smallest absolute Gasteiger partial charge is 0.280 e. The molecule has 2 aromatic carbocycles. The Balaban J connectivity index is 1.62. The normalized spacial score (nSPS) is 10.6. The largest absolute Gasteiger partial charge is 0.382 e. The van der Waals surface area contributed by atoms with E-state index < -0.39 is 5.91 Å². The second kappa shape index (κ2) is 9.01. The van der Waals surface area contributed by atoms with Crippen molar-refractivity contribution in [2.75, 3.05) is 16.4 Å². The van der Waals surface area contributed by atoms with E-state index in [0.717, 1.165) is 12.8 Å². The lowest BCUT2D eigenvalue weighted by molar-refractivity contribution is -0.116. The molecule has 0 atom stereocenters. The van der Waals surface area contributed by atoms with Gasteiger partial charge in [-0.15, -0.1) is 5.10 Å². The fourth-order valence-electron chi connectivity index (χ4n) is 2.77. The van der Waals surface area contributed by atoms with E-state index in [1.54, 1.807) is 0 Å². The van der Waals surface area contributed by atoms with Gasteiger partial charge in [-0.2, -0.15) is 0 Å². The third-order valence-electron chi connectivity index (χ3n) is 4.55. The molecule has 0 fully saturated rings. The van der Waals surface area contributed by atoms with Crippen LogP contribution < -0.4 is 16.4 Å². The van der Waals surface area contributed by atoms with Crippen molar-refractivity contribution in [2.45, 2.75) is 33.2 Å². The van der Waals surface area contributed by atoms with Gasteiger partial charge in [0.25, 0.3) is 5.91 Å². The minimum atomic E-state index is -0.478. The molecule has 0 unspecified atom stereocenters. The number of hydrogen-bond acceptors (Lipinski definition) is 5. The summed E-state index contributed by atoms with van der Waals surface area (Å²) in [7, 11) is 0. The van der Waals surface area contributed by atoms with Gasteiger partial charge in [0.15, 0.2) is 11.5 Å². The molecule has 0 aliphatic rings. The first-order valence-electron chi connectivity index (χ1n) is 9.48. The van der Waals surface area contributed by atoms with Gasteiger partial charge in [0, 0.05) is 11.4 Å². The molecule has 8 nitrogen and oxygen atoms in total. The summed E-state index contributed by atoms with van der Waals surface area (Å²) in [5, 5.41) is 13.2. The van der Waals surface area contributed by atoms with Crippen LogP contribution in [-0.2, 0) is 24.2 Å². The van der Waals surface area contributed by atoms with Crippen LogP contribution >= 0.6 is 0 Å². The van der Waals surface area contributed by atoms with E-state index in [1.807, 2.05) is 48.5 Å². The van der Waals surface area contributed by atoms with Crippen molar-refractivity contribution in [3.8, 4) is 0 Å². The number of rotatable bonds is 7. The summed E-state index contributed by atoms with van der Waals surface area (Å²) < 4.78 is 1.20. The summed E-state index contributed by atoms with van der Waals surface area (Å²) in [6.45, 7) is 3.98. The van der Waals surface area contributed by atoms with E-state index in [4.69, 9.17) is 5.73 Å². The highest BCUT2D eigenvalue weighted by atomic mass is 16.2. The first-order valence-corrected chi connectivity index (χ1v) is 9.48. The maximum Gasteiger partial charge on any atom is 0.280 e. The molecule has 1 heterocycles. The molecule has 3 rings (SSSR count). The van der Waals surface area contributed by atoms with Crippen molar-refractivity contribution in [3.05, 3.63) is 65.4 Å². The molecule has 0 aliphatic carbocycles. The van der Waals surface area contributed by atoms with Gasteiger partial charge < -0.3 is 16.4 Å². The second-order valence-electron chi connectivity index (χ2n) is 6.58. The Kier molecular flexibility index (Phi) is 6.23. The highest BCUT2D eigenvalue weighted by Gasteiger charge is 2.19. The molecule has 29 heavy (non-hydrogen) atoms. The van der Waals surface area contributed by atoms with E-state index in [0.29, 0.717) is 11.4 Å². The molecule has 0 bridgehead atoms. The number of nitrogen functional groups attached to an aromatic ring is 1. The zero-order valence-corrected chi connectivity index (χ0v) is 16.5. The summed E-state index contributed by atoms with van der Waals surface area (Å²) in [6.07, 6.45) is 1.84. The third kappa shape index (κ3) is 4.98. The Morgan fingerprint density at radius 2 is 1.41 bits per heavy atom. The standard InChI is InChI=1S/C21H24N6O2/c1-3-14-5-9-16(10-6-14)23-18(28)13-27-20(22)19(25-26-27)21(29)24-17-11-7-15(4-2)8-12-17/h5-12H,3-4,13,22H2,1-2H3,(H,23,28)(H,24,29). The van der Waals surface area contributed by atoms with E-state index in [-0.39, 0.29) is 24.0 Å². The number of hydrogen-bond donors (Lipinski definition) is 3. The molecule has 2 amide bonds. The monoisotopic (exact) mass is 392 g/mol. The number of aryl methyl sites for hydroxylation is 2. The lowest BCUT2D eigenvalue weighted by Crippen LogP contribution is -2.21. The van der Waals surface area contributed by atoms with E-state index in [2.05, 4.69) is 34.8 Å². The van der Waals surface area contributed by atoms with Crippen LogP contribution in [0.25, 0.3) is 0 Å². The zero-order chi connectivity index (χ0) is 20.8. The molecule has 0 saturated heterocycles. The Hall–Kier alpha value is -3.68. The van der Waals surface area contributed by atoms with Crippen molar-refractivity contribution in [1.29, 1.82) is 0 Å². The van der Waals surface area contributed by atoms with Gasteiger partial charge in [-0.3, -0.25) is 9.59 Å². The Morgan fingerprint density at radius 1 is 0.897 bits per heavy atom. The van der Waals surface area contributed by atoms with Crippen molar-refractivity contribution in [1.82, 2.24) is 15.0 Å². The summed E-state index contributed by atoms with van der Waals surface area (Å²) in [5.41, 5.74) is 9.62. The summed E-state index contributed by atoms with van der Waals surface area (Å²) in [4.78, 5) is 24.7. The van der Waals surface area contributed by atoms with Crippen LogP contribution in [0, 0.1) is 0 Å². The predicted octanol–water partition coefficient (Wildman–Crippen LogP) is 2.88. The average Bonchev–Trinajstić information content (AvgIpc) is 3.09. The van der Waals surface area contributed by atoms with Crippen LogP contribution in [0.1, 0.15) is 35.5 Å². The average molecular weight is 392 g/mol. The van der Waals surface area contributed by atoms with Crippen molar-refractivity contribution < 1.29 is 9.59 Å². The predicted molar refractivity (Wildman–Crippen MR) is 113 cm³/mol.